The average Bonchev–Trinajstić information content (AvgIpc) is 2.98. The number of carbonyl (C=O) groups excluding carboxylic acids is 2. The molecule has 0 bridgehead atoms. The van der Waals surface area contributed by atoms with Gasteiger partial charge in [0.1, 0.15) is 10.6 Å². The predicted molar refractivity (Wildman–Crippen MR) is 90.3 cm³/mol. The third-order valence-electron chi connectivity index (χ3n) is 4.30. The van der Waals surface area contributed by atoms with E-state index in [0.29, 0.717) is 18.4 Å². The van der Waals surface area contributed by atoms with Crippen molar-refractivity contribution in [2.75, 3.05) is 12.4 Å². The molecule has 1 aromatic carbocycles. The van der Waals surface area contributed by atoms with Crippen molar-refractivity contribution in [3.8, 4) is 5.75 Å². The molecule has 1 aliphatic rings. The fourth-order valence-corrected chi connectivity index (χ4v) is 4.36. The summed E-state index contributed by atoms with van der Waals surface area (Å²) in [7, 11) is 0.829. The van der Waals surface area contributed by atoms with Crippen molar-refractivity contribution in [1.29, 1.82) is 0 Å². The highest BCUT2D eigenvalue weighted by atomic mass is 32.1. The van der Waals surface area contributed by atoms with Gasteiger partial charge in [-0.05, 0) is 31.2 Å². The zero-order valence-corrected chi connectivity index (χ0v) is 14.9. The number of amides is 2. The minimum absolute atomic E-state index is 0.00478. The number of thiophene rings is 1. The van der Waals surface area contributed by atoms with Gasteiger partial charge in [-0.25, -0.2) is 8.78 Å². The lowest BCUT2D eigenvalue weighted by Gasteiger charge is -2.12. The summed E-state index contributed by atoms with van der Waals surface area (Å²) in [5.41, 5.74) is 4.66. The van der Waals surface area contributed by atoms with E-state index in [9.17, 15) is 27.2 Å². The summed E-state index contributed by atoms with van der Waals surface area (Å²) in [6, 6.07) is 0. The molecule has 0 unspecified atom stereocenters. The fraction of sp³-hybridized carbons (Fsp3) is 0.294. The second-order valence-electron chi connectivity index (χ2n) is 5.90. The van der Waals surface area contributed by atoms with Gasteiger partial charge in [0.25, 0.3) is 11.8 Å². The van der Waals surface area contributed by atoms with E-state index < -0.39 is 46.4 Å². The first-order chi connectivity index (χ1) is 12.8. The molecule has 2 aromatic rings. The van der Waals surface area contributed by atoms with E-state index in [2.05, 4.69) is 10.1 Å². The Morgan fingerprint density at radius 3 is 2.15 bits per heavy atom. The minimum atomic E-state index is -1.90. The number of methoxy groups -OCH3 is 1. The number of halogens is 4. The zero-order valence-electron chi connectivity index (χ0n) is 14.1. The first-order valence-electron chi connectivity index (χ1n) is 7.93. The molecule has 1 aliphatic carbocycles. The van der Waals surface area contributed by atoms with Gasteiger partial charge in [0.15, 0.2) is 17.4 Å². The minimum Gasteiger partial charge on any atom is -0.491 e. The second kappa shape index (κ2) is 7.18. The van der Waals surface area contributed by atoms with Crippen LogP contribution in [0.25, 0.3) is 0 Å². The lowest BCUT2D eigenvalue weighted by atomic mass is 9.95. The van der Waals surface area contributed by atoms with Crippen LogP contribution in [0.1, 0.15) is 44.0 Å². The summed E-state index contributed by atoms with van der Waals surface area (Å²) in [5, 5.41) is 2.16. The van der Waals surface area contributed by atoms with Gasteiger partial charge in [-0.2, -0.15) is 8.78 Å². The Hall–Kier alpha value is -2.62. The number of carbonyl (C=O) groups is 2. The number of primary amides is 1. The van der Waals surface area contributed by atoms with Gasteiger partial charge >= 0.3 is 0 Å². The molecule has 0 spiro atoms. The molecular formula is C17H14F4N2O3S. The second-order valence-corrected chi connectivity index (χ2v) is 7.00. The van der Waals surface area contributed by atoms with Crippen LogP contribution in [0.5, 0.6) is 5.75 Å². The molecule has 5 nitrogen and oxygen atoms in total. The highest BCUT2D eigenvalue weighted by molar-refractivity contribution is 7.17. The monoisotopic (exact) mass is 402 g/mol. The van der Waals surface area contributed by atoms with E-state index in [4.69, 9.17) is 5.73 Å². The Morgan fingerprint density at radius 2 is 1.59 bits per heavy atom. The van der Waals surface area contributed by atoms with Gasteiger partial charge in [0, 0.05) is 4.88 Å². The van der Waals surface area contributed by atoms with Crippen LogP contribution in [0.4, 0.5) is 22.6 Å². The number of rotatable bonds is 4. The standard InChI is InChI=1S/C17H14F4N2O3S/c1-26-14-12(20)10(18)9(11(19)13(14)21)16(25)23-17-8(15(22)24)6-4-2-3-5-7(6)27-17/h2-5H2,1H3,(H2,22,24)(H,23,25). The number of hydrogen-bond donors (Lipinski definition) is 2. The van der Waals surface area contributed by atoms with Crippen LogP contribution >= 0.6 is 11.3 Å². The van der Waals surface area contributed by atoms with Crippen LogP contribution in [-0.2, 0) is 12.8 Å². The van der Waals surface area contributed by atoms with E-state index in [1.165, 1.54) is 0 Å². The molecule has 1 heterocycles. The molecule has 0 fully saturated rings. The van der Waals surface area contributed by atoms with Gasteiger partial charge in [-0.1, -0.05) is 0 Å². The number of fused-ring (bicyclic) bond motifs is 1. The highest BCUT2D eigenvalue weighted by Crippen LogP contribution is 2.38. The molecule has 3 rings (SSSR count). The third-order valence-corrected chi connectivity index (χ3v) is 5.51. The summed E-state index contributed by atoms with van der Waals surface area (Å²) >= 11 is 1.05. The summed E-state index contributed by atoms with van der Waals surface area (Å²) in [6.45, 7) is 0. The number of hydrogen-bond acceptors (Lipinski definition) is 4. The molecule has 10 heteroatoms. The van der Waals surface area contributed by atoms with Gasteiger partial charge in [-0.15, -0.1) is 11.3 Å². The molecule has 27 heavy (non-hydrogen) atoms. The maximum Gasteiger partial charge on any atom is 0.262 e. The molecule has 0 aliphatic heterocycles. The average molecular weight is 402 g/mol. The van der Waals surface area contributed by atoms with Crippen molar-refractivity contribution in [1.82, 2.24) is 0 Å². The third kappa shape index (κ3) is 3.14. The lowest BCUT2D eigenvalue weighted by Crippen LogP contribution is -2.21. The number of benzene rings is 1. The first-order valence-corrected chi connectivity index (χ1v) is 8.75. The van der Waals surface area contributed by atoms with Crippen molar-refractivity contribution in [3.63, 3.8) is 0 Å². The van der Waals surface area contributed by atoms with Crippen molar-refractivity contribution in [2.24, 2.45) is 5.73 Å². The van der Waals surface area contributed by atoms with Crippen LogP contribution in [0.3, 0.4) is 0 Å². The quantitative estimate of drug-likeness (QED) is 0.606. The van der Waals surface area contributed by atoms with E-state index in [-0.39, 0.29) is 10.6 Å². The number of nitrogens with one attached hydrogen (secondary N) is 1. The predicted octanol–water partition coefficient (Wildman–Crippen LogP) is 3.54. The van der Waals surface area contributed by atoms with Crippen LogP contribution in [-0.4, -0.2) is 18.9 Å². The van der Waals surface area contributed by atoms with E-state index in [1.54, 1.807) is 0 Å². The van der Waals surface area contributed by atoms with Crippen molar-refractivity contribution in [3.05, 3.63) is 44.8 Å². The van der Waals surface area contributed by atoms with Crippen LogP contribution in [0, 0.1) is 23.3 Å². The molecular weight excluding hydrogens is 388 g/mol. The Kier molecular flexibility index (Phi) is 5.09. The zero-order chi connectivity index (χ0) is 19.9. The maximum absolute atomic E-state index is 14.1. The Morgan fingerprint density at radius 1 is 1.00 bits per heavy atom. The van der Waals surface area contributed by atoms with Crippen molar-refractivity contribution in [2.45, 2.75) is 25.7 Å². The SMILES string of the molecule is COc1c(F)c(F)c(C(=O)Nc2sc3c(c2C(N)=O)CCCC3)c(F)c1F. The molecule has 0 radical (unpaired) electrons. The number of ether oxygens (including phenoxy) is 1. The Bertz CT molecular complexity index is 929. The number of nitrogens with two attached hydrogens (primary N) is 1. The normalized spacial score (nSPS) is 13.2. The van der Waals surface area contributed by atoms with Gasteiger partial charge < -0.3 is 15.8 Å². The molecule has 1 aromatic heterocycles. The van der Waals surface area contributed by atoms with Crippen molar-refractivity contribution < 1.29 is 31.9 Å². The Labute approximate surface area is 155 Å². The molecule has 3 N–H and O–H groups in total. The van der Waals surface area contributed by atoms with Gasteiger partial charge in [0.2, 0.25) is 11.6 Å². The topological polar surface area (TPSA) is 81.4 Å². The number of anilines is 1. The molecule has 144 valence electrons. The smallest absolute Gasteiger partial charge is 0.262 e. The van der Waals surface area contributed by atoms with Crippen molar-refractivity contribution >= 4 is 28.2 Å². The largest absolute Gasteiger partial charge is 0.491 e. The van der Waals surface area contributed by atoms with Gasteiger partial charge in [0.05, 0.1) is 12.7 Å². The van der Waals surface area contributed by atoms with Crippen LogP contribution in [0.15, 0.2) is 0 Å². The molecule has 0 saturated heterocycles. The summed E-state index contributed by atoms with van der Waals surface area (Å²) in [6.07, 6.45) is 2.96. The summed E-state index contributed by atoms with van der Waals surface area (Å²) in [5.74, 6) is -11.0. The Balaban J connectivity index is 2.05. The van der Waals surface area contributed by atoms with E-state index in [1.807, 2.05) is 0 Å². The lowest BCUT2D eigenvalue weighted by molar-refractivity contribution is 0.100. The van der Waals surface area contributed by atoms with E-state index in [0.717, 1.165) is 36.2 Å². The highest BCUT2D eigenvalue weighted by Gasteiger charge is 2.32. The summed E-state index contributed by atoms with van der Waals surface area (Å²) in [4.78, 5) is 25.0. The summed E-state index contributed by atoms with van der Waals surface area (Å²) < 4.78 is 60.2. The molecule has 2 amide bonds. The first kappa shape index (κ1) is 19.2. The van der Waals surface area contributed by atoms with Crippen LogP contribution in [0.2, 0.25) is 0 Å². The van der Waals surface area contributed by atoms with Gasteiger partial charge in [-0.3, -0.25) is 9.59 Å². The van der Waals surface area contributed by atoms with Crippen LogP contribution < -0.4 is 15.8 Å². The maximum atomic E-state index is 14.1. The fourth-order valence-electron chi connectivity index (χ4n) is 3.07. The molecule has 0 saturated carbocycles. The number of aryl methyl sites for hydroxylation is 1. The van der Waals surface area contributed by atoms with E-state index >= 15 is 0 Å². The molecule has 0 atom stereocenters.